The van der Waals surface area contributed by atoms with Gasteiger partial charge in [-0.25, -0.2) is 4.79 Å². The Hall–Kier alpha value is -1.53. The van der Waals surface area contributed by atoms with E-state index in [0.29, 0.717) is 10.6 Å². The maximum absolute atomic E-state index is 10.6. The zero-order chi connectivity index (χ0) is 9.68. The summed E-state index contributed by atoms with van der Waals surface area (Å²) in [6.07, 6.45) is 3.03. The van der Waals surface area contributed by atoms with Crippen LogP contribution < -0.4 is 0 Å². The molecule has 0 aromatic carbocycles. The predicted molar refractivity (Wildman–Crippen MR) is 48.1 cm³/mol. The summed E-state index contributed by atoms with van der Waals surface area (Å²) in [5.74, 6) is 4.20. The average molecular weight is 196 g/mol. The van der Waals surface area contributed by atoms with Gasteiger partial charge in [-0.05, 0) is 6.07 Å². The highest BCUT2D eigenvalue weighted by molar-refractivity contribution is 6.31. The van der Waals surface area contributed by atoms with Crippen LogP contribution in [0.2, 0.25) is 5.02 Å². The molecule has 0 unspecified atom stereocenters. The monoisotopic (exact) mass is 195 g/mol. The average Bonchev–Trinajstić information content (AvgIpc) is 2.16. The molecule has 0 amide bonds. The molecule has 0 bridgehead atoms. The van der Waals surface area contributed by atoms with Gasteiger partial charge in [-0.1, -0.05) is 17.5 Å². The van der Waals surface area contributed by atoms with Gasteiger partial charge in [0.2, 0.25) is 0 Å². The summed E-state index contributed by atoms with van der Waals surface area (Å²) in [6, 6.07) is 1.60. The third kappa shape index (κ3) is 2.77. The van der Waals surface area contributed by atoms with E-state index in [4.69, 9.17) is 11.6 Å². The molecule has 0 radical (unpaired) electrons. The van der Waals surface area contributed by atoms with Gasteiger partial charge in [0.25, 0.3) is 0 Å². The van der Waals surface area contributed by atoms with E-state index >= 15 is 0 Å². The summed E-state index contributed by atoms with van der Waals surface area (Å²) in [5.41, 5.74) is 0.509. The highest BCUT2D eigenvalue weighted by Gasteiger charge is 1.95. The minimum atomic E-state index is -0.597. The summed E-state index contributed by atoms with van der Waals surface area (Å²) in [7, 11) is 1.27. The van der Waals surface area contributed by atoms with Crippen molar-refractivity contribution in [1.82, 2.24) is 4.98 Å². The lowest BCUT2D eigenvalue weighted by Crippen LogP contribution is -1.94. The Morgan fingerprint density at radius 3 is 3.08 bits per heavy atom. The van der Waals surface area contributed by atoms with Crippen molar-refractivity contribution in [2.24, 2.45) is 0 Å². The lowest BCUT2D eigenvalue weighted by Gasteiger charge is -1.91. The zero-order valence-electron chi connectivity index (χ0n) is 6.87. The van der Waals surface area contributed by atoms with Gasteiger partial charge in [0.1, 0.15) is 0 Å². The number of pyridine rings is 1. The third-order valence-electron chi connectivity index (χ3n) is 1.25. The van der Waals surface area contributed by atoms with Crippen LogP contribution in [0.15, 0.2) is 18.5 Å². The van der Waals surface area contributed by atoms with Crippen LogP contribution in [0.3, 0.4) is 0 Å². The third-order valence-corrected chi connectivity index (χ3v) is 1.58. The molecule has 13 heavy (non-hydrogen) atoms. The summed E-state index contributed by atoms with van der Waals surface area (Å²) in [4.78, 5) is 14.4. The first kappa shape index (κ1) is 9.56. The lowest BCUT2D eigenvalue weighted by molar-refractivity contribution is -0.133. The standard InChI is InChI=1S/C9H6ClNO2/c1-13-9(12)3-2-7-6-11-5-4-8(7)10/h4-6H,1H3. The Balaban J connectivity index is 2.89. The van der Waals surface area contributed by atoms with Crippen molar-refractivity contribution in [2.45, 2.75) is 0 Å². The van der Waals surface area contributed by atoms with E-state index in [2.05, 4.69) is 21.6 Å². The predicted octanol–water partition coefficient (Wildman–Crippen LogP) is 1.26. The number of carbonyl (C=O) groups excluding carboxylic acids is 1. The zero-order valence-corrected chi connectivity index (χ0v) is 7.63. The number of nitrogens with zero attached hydrogens (tertiary/aromatic N) is 1. The highest BCUT2D eigenvalue weighted by Crippen LogP contribution is 2.11. The van der Waals surface area contributed by atoms with E-state index in [1.807, 2.05) is 0 Å². The fraction of sp³-hybridized carbons (Fsp3) is 0.111. The summed E-state index contributed by atoms with van der Waals surface area (Å²) in [6.45, 7) is 0. The first-order valence-corrected chi connectivity index (χ1v) is 3.81. The number of methoxy groups -OCH3 is 1. The molecular formula is C9H6ClNO2. The van der Waals surface area contributed by atoms with Crippen molar-refractivity contribution < 1.29 is 9.53 Å². The number of rotatable bonds is 0. The van der Waals surface area contributed by atoms with Gasteiger partial charge >= 0.3 is 5.97 Å². The van der Waals surface area contributed by atoms with Crippen LogP contribution in [0.1, 0.15) is 5.56 Å². The maximum Gasteiger partial charge on any atom is 0.384 e. The van der Waals surface area contributed by atoms with E-state index in [0.717, 1.165) is 0 Å². The second-order valence-corrected chi connectivity index (χ2v) is 2.50. The van der Waals surface area contributed by atoms with Gasteiger partial charge < -0.3 is 4.74 Å². The van der Waals surface area contributed by atoms with Gasteiger partial charge in [-0.2, -0.15) is 0 Å². The SMILES string of the molecule is COC(=O)C#Cc1cnccc1Cl. The minimum absolute atomic E-state index is 0.464. The number of carbonyl (C=O) groups is 1. The molecule has 0 fully saturated rings. The lowest BCUT2D eigenvalue weighted by atomic mass is 10.3. The van der Waals surface area contributed by atoms with Crippen molar-refractivity contribution in [1.29, 1.82) is 0 Å². The number of halogens is 1. The molecule has 3 nitrogen and oxygen atoms in total. The second kappa shape index (κ2) is 4.48. The molecule has 0 aliphatic heterocycles. The summed E-state index contributed by atoms with van der Waals surface area (Å²) < 4.78 is 4.34. The normalized spacial score (nSPS) is 8.46. The Kier molecular flexibility index (Phi) is 3.30. The van der Waals surface area contributed by atoms with Gasteiger partial charge in [-0.15, -0.1) is 0 Å². The molecule has 66 valence electrons. The molecule has 0 aliphatic rings. The molecule has 0 saturated heterocycles. The molecule has 1 heterocycles. The van der Waals surface area contributed by atoms with E-state index < -0.39 is 5.97 Å². The molecule has 0 N–H and O–H groups in total. The van der Waals surface area contributed by atoms with Gasteiger partial charge in [0, 0.05) is 18.3 Å². The number of esters is 1. The van der Waals surface area contributed by atoms with Crippen LogP contribution in [0.4, 0.5) is 0 Å². The number of hydrogen-bond acceptors (Lipinski definition) is 3. The minimum Gasteiger partial charge on any atom is -0.459 e. The molecule has 0 saturated carbocycles. The number of aromatic nitrogens is 1. The van der Waals surface area contributed by atoms with Crippen LogP contribution in [0, 0.1) is 11.8 Å². The Morgan fingerprint density at radius 2 is 2.46 bits per heavy atom. The fourth-order valence-electron chi connectivity index (χ4n) is 0.639. The van der Waals surface area contributed by atoms with Crippen molar-refractivity contribution in [2.75, 3.05) is 7.11 Å². The summed E-state index contributed by atoms with van der Waals surface area (Å²) in [5, 5.41) is 0.464. The Morgan fingerprint density at radius 1 is 1.69 bits per heavy atom. The molecule has 0 atom stereocenters. The first-order chi connectivity index (χ1) is 6.24. The van der Waals surface area contributed by atoms with Gasteiger partial charge in [0.15, 0.2) is 0 Å². The van der Waals surface area contributed by atoms with Crippen molar-refractivity contribution in [3.8, 4) is 11.8 Å². The van der Waals surface area contributed by atoms with Crippen LogP contribution >= 0.6 is 11.6 Å². The molecular weight excluding hydrogens is 190 g/mol. The smallest absolute Gasteiger partial charge is 0.384 e. The van der Waals surface area contributed by atoms with Crippen LogP contribution in [0.5, 0.6) is 0 Å². The molecule has 1 aromatic rings. The van der Waals surface area contributed by atoms with Crippen molar-refractivity contribution in [3.05, 3.63) is 29.0 Å². The van der Waals surface area contributed by atoms with Gasteiger partial charge in [-0.3, -0.25) is 4.98 Å². The molecule has 0 spiro atoms. The first-order valence-electron chi connectivity index (χ1n) is 3.43. The van der Waals surface area contributed by atoms with Crippen LogP contribution in [-0.4, -0.2) is 18.1 Å². The molecule has 4 heteroatoms. The topological polar surface area (TPSA) is 39.2 Å². The number of ether oxygens (including phenoxy) is 1. The van der Waals surface area contributed by atoms with Crippen LogP contribution in [-0.2, 0) is 9.53 Å². The Labute approximate surface area is 80.7 Å². The molecule has 1 aromatic heterocycles. The molecule has 0 aliphatic carbocycles. The van der Waals surface area contributed by atoms with Crippen molar-refractivity contribution >= 4 is 17.6 Å². The summed E-state index contributed by atoms with van der Waals surface area (Å²) >= 11 is 5.76. The largest absolute Gasteiger partial charge is 0.459 e. The Bertz CT molecular complexity index is 379. The van der Waals surface area contributed by atoms with Crippen molar-refractivity contribution in [3.63, 3.8) is 0 Å². The van der Waals surface area contributed by atoms with Gasteiger partial charge in [0.05, 0.1) is 17.7 Å². The number of hydrogen-bond donors (Lipinski definition) is 0. The second-order valence-electron chi connectivity index (χ2n) is 2.10. The fourth-order valence-corrected chi connectivity index (χ4v) is 0.791. The van der Waals surface area contributed by atoms with E-state index in [1.54, 1.807) is 12.3 Å². The van der Waals surface area contributed by atoms with E-state index in [9.17, 15) is 4.79 Å². The van der Waals surface area contributed by atoms with Crippen LogP contribution in [0.25, 0.3) is 0 Å². The van der Waals surface area contributed by atoms with E-state index in [-0.39, 0.29) is 0 Å². The maximum atomic E-state index is 10.6. The quantitative estimate of drug-likeness (QED) is 0.462. The highest BCUT2D eigenvalue weighted by atomic mass is 35.5. The molecule has 1 rings (SSSR count). The van der Waals surface area contributed by atoms with E-state index in [1.165, 1.54) is 13.3 Å².